The van der Waals surface area contributed by atoms with Crippen molar-refractivity contribution in [2.45, 2.75) is 6.18 Å². The topological polar surface area (TPSA) is 75.3 Å². The van der Waals surface area contributed by atoms with Crippen LogP contribution in [-0.4, -0.2) is 25.0 Å². The summed E-state index contributed by atoms with van der Waals surface area (Å²) in [5.74, 6) is -0.682. The Balaban J connectivity index is 2.02. The van der Waals surface area contributed by atoms with Crippen LogP contribution in [0.25, 0.3) is 0 Å². The molecule has 6 nitrogen and oxygen atoms in total. The van der Waals surface area contributed by atoms with Crippen LogP contribution in [0.1, 0.15) is 15.9 Å². The van der Waals surface area contributed by atoms with Crippen molar-refractivity contribution in [2.24, 2.45) is 0 Å². The van der Waals surface area contributed by atoms with Crippen LogP contribution in [0.4, 0.5) is 40.4 Å². The molecule has 0 bridgehead atoms. The van der Waals surface area contributed by atoms with Crippen molar-refractivity contribution in [2.75, 3.05) is 24.8 Å². The molecule has 0 unspecified atom stereocenters. The van der Waals surface area contributed by atoms with Gasteiger partial charge in [-0.15, -0.1) is 0 Å². The van der Waals surface area contributed by atoms with Crippen molar-refractivity contribution in [3.63, 3.8) is 0 Å². The van der Waals surface area contributed by atoms with Gasteiger partial charge in [-0.2, -0.15) is 13.2 Å². The number of carbonyl (C=O) groups is 1. The first-order valence-electron chi connectivity index (χ1n) is 8.98. The van der Waals surface area contributed by atoms with Gasteiger partial charge in [-0.25, -0.2) is 9.37 Å². The van der Waals surface area contributed by atoms with Gasteiger partial charge in [-0.1, -0.05) is 6.07 Å². The molecule has 0 saturated heterocycles. The number of ether oxygens (including phenoxy) is 1. The molecule has 1 heterocycles. The van der Waals surface area contributed by atoms with E-state index >= 15 is 0 Å². The Morgan fingerprint density at radius 3 is 2.48 bits per heavy atom. The molecule has 0 atom stereocenters. The molecule has 3 aromatic rings. The number of halogens is 4. The monoisotopic (exact) mass is 434 g/mol. The molecule has 0 aliphatic heterocycles. The lowest BCUT2D eigenvalue weighted by molar-refractivity contribution is -0.137. The SMILES string of the molecule is CNC(=O)c1cc(F)ccc1Nc1cc(Nc2cccc(OC)c2)ncc1C(F)(F)F. The van der Waals surface area contributed by atoms with E-state index in [-0.39, 0.29) is 22.8 Å². The van der Waals surface area contributed by atoms with Crippen LogP contribution in [0.5, 0.6) is 5.75 Å². The van der Waals surface area contributed by atoms with E-state index in [4.69, 9.17) is 4.74 Å². The van der Waals surface area contributed by atoms with Gasteiger partial charge >= 0.3 is 6.18 Å². The first-order chi connectivity index (χ1) is 14.7. The van der Waals surface area contributed by atoms with E-state index in [0.29, 0.717) is 17.6 Å². The molecule has 0 radical (unpaired) electrons. The van der Waals surface area contributed by atoms with Crippen molar-refractivity contribution in [3.8, 4) is 5.75 Å². The fraction of sp³-hybridized carbons (Fsp3) is 0.143. The number of pyridine rings is 1. The van der Waals surface area contributed by atoms with Gasteiger partial charge in [0, 0.05) is 31.1 Å². The molecule has 1 aromatic heterocycles. The van der Waals surface area contributed by atoms with Gasteiger partial charge in [0.15, 0.2) is 0 Å². The van der Waals surface area contributed by atoms with Crippen LogP contribution in [0.2, 0.25) is 0 Å². The van der Waals surface area contributed by atoms with E-state index in [9.17, 15) is 22.4 Å². The van der Waals surface area contributed by atoms with Gasteiger partial charge in [0.2, 0.25) is 0 Å². The number of hydrogen-bond acceptors (Lipinski definition) is 5. The first kappa shape index (κ1) is 21.9. The van der Waals surface area contributed by atoms with Gasteiger partial charge in [0.1, 0.15) is 17.4 Å². The van der Waals surface area contributed by atoms with Crippen molar-refractivity contribution < 1.29 is 27.1 Å². The quantitative estimate of drug-likeness (QED) is 0.471. The van der Waals surface area contributed by atoms with Crippen LogP contribution in [0, 0.1) is 5.82 Å². The summed E-state index contributed by atoms with van der Waals surface area (Å²) >= 11 is 0. The summed E-state index contributed by atoms with van der Waals surface area (Å²) in [4.78, 5) is 15.9. The summed E-state index contributed by atoms with van der Waals surface area (Å²) in [5.41, 5.74) is -0.995. The maximum atomic E-state index is 13.6. The molecular weight excluding hydrogens is 416 g/mol. The third-order valence-corrected chi connectivity index (χ3v) is 4.27. The van der Waals surface area contributed by atoms with Gasteiger partial charge in [0.05, 0.1) is 29.6 Å². The molecule has 3 rings (SSSR count). The number of methoxy groups -OCH3 is 1. The number of anilines is 4. The lowest BCUT2D eigenvalue weighted by atomic mass is 10.1. The number of amides is 1. The fourth-order valence-corrected chi connectivity index (χ4v) is 2.79. The maximum Gasteiger partial charge on any atom is 0.419 e. The van der Waals surface area contributed by atoms with E-state index in [2.05, 4.69) is 20.9 Å². The lowest BCUT2D eigenvalue weighted by Crippen LogP contribution is -2.20. The zero-order valence-corrected chi connectivity index (χ0v) is 16.5. The van der Waals surface area contributed by atoms with E-state index in [1.807, 2.05) is 0 Å². The van der Waals surface area contributed by atoms with Gasteiger partial charge < -0.3 is 20.7 Å². The second-order valence-electron chi connectivity index (χ2n) is 6.36. The molecule has 2 aromatic carbocycles. The molecule has 3 N–H and O–H groups in total. The van der Waals surface area contributed by atoms with Crippen LogP contribution >= 0.6 is 0 Å². The third-order valence-electron chi connectivity index (χ3n) is 4.27. The fourth-order valence-electron chi connectivity index (χ4n) is 2.79. The number of benzene rings is 2. The number of nitrogens with one attached hydrogen (secondary N) is 3. The average Bonchev–Trinajstić information content (AvgIpc) is 2.74. The molecular formula is C21H18F4N4O2. The first-order valence-corrected chi connectivity index (χ1v) is 8.98. The third kappa shape index (κ3) is 5.21. The highest BCUT2D eigenvalue weighted by Gasteiger charge is 2.34. The minimum absolute atomic E-state index is 0.00443. The lowest BCUT2D eigenvalue weighted by Gasteiger charge is -2.18. The van der Waals surface area contributed by atoms with E-state index in [1.165, 1.54) is 20.2 Å². The highest BCUT2D eigenvalue weighted by Crippen LogP contribution is 2.37. The molecule has 0 aliphatic rings. The summed E-state index contributed by atoms with van der Waals surface area (Å²) in [6, 6.07) is 11.1. The predicted molar refractivity (Wildman–Crippen MR) is 109 cm³/mol. The second kappa shape index (κ2) is 8.90. The van der Waals surface area contributed by atoms with E-state index in [0.717, 1.165) is 18.2 Å². The van der Waals surface area contributed by atoms with Crippen molar-refractivity contribution in [3.05, 3.63) is 71.7 Å². The highest BCUT2D eigenvalue weighted by molar-refractivity contribution is 6.00. The van der Waals surface area contributed by atoms with Crippen LogP contribution in [0.3, 0.4) is 0 Å². The van der Waals surface area contributed by atoms with Gasteiger partial charge in [0.25, 0.3) is 5.91 Å². The predicted octanol–water partition coefficient (Wildman–Crippen LogP) is 5.09. The van der Waals surface area contributed by atoms with Gasteiger partial charge in [-0.3, -0.25) is 4.79 Å². The Labute approximate surface area is 175 Å². The molecule has 1 amide bonds. The number of carbonyl (C=O) groups excluding carboxylic acids is 1. The van der Waals surface area contributed by atoms with Crippen LogP contribution < -0.4 is 20.7 Å². The summed E-state index contributed by atoms with van der Waals surface area (Å²) in [5, 5.41) is 7.82. The number of nitrogens with zero attached hydrogens (tertiary/aromatic N) is 1. The Morgan fingerprint density at radius 1 is 1.03 bits per heavy atom. The molecule has 0 aliphatic carbocycles. The number of rotatable bonds is 6. The second-order valence-corrected chi connectivity index (χ2v) is 6.36. The van der Waals surface area contributed by atoms with E-state index in [1.54, 1.807) is 24.3 Å². The number of hydrogen-bond donors (Lipinski definition) is 3. The van der Waals surface area contributed by atoms with Crippen molar-refractivity contribution in [1.29, 1.82) is 0 Å². The number of alkyl halides is 3. The standard InChI is InChI=1S/C21H18F4N4O2/c1-26-20(30)15-8-12(22)6-7-17(15)29-18-10-19(27-11-16(18)21(23,24)25)28-13-4-3-5-14(9-13)31-2/h3-11H,1-2H3,(H,26,30)(H2,27,28,29). The maximum absolute atomic E-state index is 13.6. The normalized spacial score (nSPS) is 11.0. The molecule has 0 saturated carbocycles. The number of aromatic nitrogens is 1. The molecule has 10 heteroatoms. The Kier molecular flexibility index (Phi) is 6.28. The highest BCUT2D eigenvalue weighted by atomic mass is 19.4. The zero-order chi connectivity index (χ0) is 22.6. The van der Waals surface area contributed by atoms with Crippen molar-refractivity contribution >= 4 is 28.8 Å². The molecule has 0 spiro atoms. The minimum Gasteiger partial charge on any atom is -0.497 e. The molecule has 31 heavy (non-hydrogen) atoms. The van der Waals surface area contributed by atoms with Crippen molar-refractivity contribution in [1.82, 2.24) is 10.3 Å². The summed E-state index contributed by atoms with van der Waals surface area (Å²) < 4.78 is 59.4. The zero-order valence-electron chi connectivity index (χ0n) is 16.5. The van der Waals surface area contributed by atoms with E-state index < -0.39 is 23.5 Å². The Hall–Kier alpha value is -3.82. The average molecular weight is 434 g/mol. The molecule has 162 valence electrons. The molecule has 0 fully saturated rings. The Morgan fingerprint density at radius 2 is 1.81 bits per heavy atom. The summed E-state index contributed by atoms with van der Waals surface area (Å²) in [7, 11) is 2.82. The van der Waals surface area contributed by atoms with Crippen LogP contribution in [0.15, 0.2) is 54.7 Å². The Bertz CT molecular complexity index is 1100. The summed E-state index contributed by atoms with van der Waals surface area (Å²) in [6.45, 7) is 0. The summed E-state index contributed by atoms with van der Waals surface area (Å²) in [6.07, 6.45) is -4.04. The van der Waals surface area contributed by atoms with Gasteiger partial charge in [-0.05, 0) is 30.3 Å². The smallest absolute Gasteiger partial charge is 0.419 e. The van der Waals surface area contributed by atoms with Crippen LogP contribution in [-0.2, 0) is 6.18 Å². The minimum atomic E-state index is -4.71. The largest absolute Gasteiger partial charge is 0.497 e.